The van der Waals surface area contributed by atoms with Crippen LogP contribution in [0.4, 0.5) is 10.5 Å². The maximum Gasteiger partial charge on any atom is 0.409 e. The predicted octanol–water partition coefficient (Wildman–Crippen LogP) is 7.02. The van der Waals surface area contributed by atoms with Crippen LogP contribution in [0.15, 0.2) is 61.6 Å². The average molecular weight is 794 g/mol. The third-order valence-electron chi connectivity index (χ3n) is 9.47. The Bertz CT molecular complexity index is 1660. The van der Waals surface area contributed by atoms with Crippen molar-refractivity contribution in [1.82, 2.24) is 30.0 Å². The molecule has 1 aliphatic carbocycles. The molecule has 2 heterocycles. The van der Waals surface area contributed by atoms with Gasteiger partial charge in [-0.1, -0.05) is 68.0 Å². The number of benzene rings is 1. The first-order chi connectivity index (χ1) is 26.2. The Labute approximate surface area is 338 Å². The van der Waals surface area contributed by atoms with E-state index in [0.29, 0.717) is 41.8 Å². The minimum atomic E-state index is -1.13. The van der Waals surface area contributed by atoms with Gasteiger partial charge in [0, 0.05) is 42.4 Å². The highest BCUT2D eigenvalue weighted by molar-refractivity contribution is 7.98. The third-order valence-corrected chi connectivity index (χ3v) is 10.6. The maximum absolute atomic E-state index is 13.6. The minimum absolute atomic E-state index is 0.0223. The summed E-state index contributed by atoms with van der Waals surface area (Å²) < 4.78 is 9.58. The number of nitrogens with zero attached hydrogens (tertiary/aromatic N) is 3. The van der Waals surface area contributed by atoms with Gasteiger partial charge in [-0.25, -0.2) is 9.48 Å². The number of hydrogen-bond donors (Lipinski definition) is 5. The van der Waals surface area contributed by atoms with Crippen LogP contribution in [-0.2, 0) is 14.4 Å². The molecule has 2 aromatic rings. The Morgan fingerprint density at radius 1 is 1.09 bits per heavy atom. The summed E-state index contributed by atoms with van der Waals surface area (Å²) in [6, 6.07) is 5.42. The van der Waals surface area contributed by atoms with E-state index >= 15 is 0 Å². The van der Waals surface area contributed by atoms with Crippen LogP contribution >= 0.6 is 11.9 Å². The van der Waals surface area contributed by atoms with Gasteiger partial charge in [-0.3, -0.25) is 24.4 Å². The summed E-state index contributed by atoms with van der Waals surface area (Å²) in [6.45, 7) is 25.3. The molecule has 1 aromatic carbocycles. The van der Waals surface area contributed by atoms with Crippen LogP contribution in [0.2, 0.25) is 0 Å². The lowest BCUT2D eigenvalue weighted by Gasteiger charge is -2.40. The van der Waals surface area contributed by atoms with Crippen LogP contribution in [0.1, 0.15) is 87.5 Å². The van der Waals surface area contributed by atoms with Crippen molar-refractivity contribution in [1.29, 1.82) is 0 Å². The lowest BCUT2D eigenvalue weighted by molar-refractivity contribution is -0.131. The molecule has 56 heavy (non-hydrogen) atoms. The van der Waals surface area contributed by atoms with E-state index in [-0.39, 0.29) is 46.4 Å². The highest BCUT2D eigenvalue weighted by atomic mass is 32.2. The molecule has 14 heteroatoms. The van der Waals surface area contributed by atoms with Crippen molar-refractivity contribution in [3.63, 3.8) is 0 Å². The van der Waals surface area contributed by atoms with Crippen molar-refractivity contribution in [3.05, 3.63) is 61.6 Å². The van der Waals surface area contributed by atoms with Crippen LogP contribution in [0, 0.1) is 35.5 Å². The van der Waals surface area contributed by atoms with E-state index in [0.717, 1.165) is 25.0 Å². The smallest absolute Gasteiger partial charge is 0.409 e. The van der Waals surface area contributed by atoms with Crippen LogP contribution in [0.25, 0.3) is 5.69 Å². The lowest BCUT2D eigenvalue weighted by atomic mass is 9.83. The Hall–Kier alpha value is -4.90. The number of allylic oxidation sites excluding steroid dienone is 1. The van der Waals surface area contributed by atoms with Gasteiger partial charge in [-0.05, 0) is 78.5 Å². The summed E-state index contributed by atoms with van der Waals surface area (Å²) in [5.41, 5.74) is 1.38. The molecule has 308 valence electrons. The molecule has 1 aromatic heterocycles. The standard InChI is InChI=1S/C29H50N4O3S.C11H11N3O3.C2H2/c1-11-18(2)19(3)24(27(36)32-37-21-14-15-21)31-26(35)22-13-12-16-33(22)20(4)25(29(8,9)10)30-23(34)17-28(5,6)7;1-17-8-3-4-10(14-6-2-5-12-14)9(7-8)13-11(15)16;1-2/h11,18-19,21-22,24-25H,1,4,12-17H2,2-3,5-10H3,(H,30,34)(H,31,35)(H,32,36);2-7,13H,1H3,(H,15,16);1-2H/t18?,19-,22-,24?,25+;;/m0../s1. The largest absolute Gasteiger partial charge is 0.497 e. The molecule has 2 unspecified atom stereocenters. The number of ether oxygens (including phenoxy) is 1. The summed E-state index contributed by atoms with van der Waals surface area (Å²) in [7, 11) is 1.52. The average Bonchev–Trinajstić information content (AvgIpc) is 3.55. The number of carbonyl (C=O) groups is 4. The van der Waals surface area contributed by atoms with Gasteiger partial charge >= 0.3 is 6.09 Å². The second-order valence-electron chi connectivity index (χ2n) is 16.4. The molecule has 5 N–H and O–H groups in total. The molecule has 4 amide bonds. The first kappa shape index (κ1) is 47.3. The van der Waals surface area contributed by atoms with Gasteiger partial charge < -0.3 is 25.4 Å². The molecule has 1 aliphatic heterocycles. The van der Waals surface area contributed by atoms with Crippen LogP contribution in [-0.4, -0.2) is 80.6 Å². The normalized spacial score (nSPS) is 17.2. The fourth-order valence-electron chi connectivity index (χ4n) is 6.10. The van der Waals surface area contributed by atoms with Gasteiger partial charge in [0.2, 0.25) is 11.8 Å². The molecule has 2 fully saturated rings. The van der Waals surface area contributed by atoms with Crippen LogP contribution < -0.4 is 25.4 Å². The van der Waals surface area contributed by atoms with E-state index in [1.165, 1.54) is 19.1 Å². The van der Waals surface area contributed by atoms with Gasteiger partial charge in [-0.15, -0.1) is 19.4 Å². The minimum Gasteiger partial charge on any atom is -0.497 e. The Balaban J connectivity index is 0.000000471. The highest BCUT2D eigenvalue weighted by Gasteiger charge is 2.40. The fraction of sp³-hybridized carbons (Fsp3) is 0.548. The second kappa shape index (κ2) is 21.4. The van der Waals surface area contributed by atoms with E-state index < -0.39 is 18.2 Å². The number of rotatable bonds is 15. The number of methoxy groups -OCH3 is 1. The van der Waals surface area contributed by atoms with Crippen LogP contribution in [0.3, 0.4) is 0 Å². The van der Waals surface area contributed by atoms with Crippen LogP contribution in [0.5, 0.6) is 5.75 Å². The predicted molar refractivity (Wildman–Crippen MR) is 225 cm³/mol. The highest BCUT2D eigenvalue weighted by Crippen LogP contribution is 2.34. The molecule has 0 bridgehead atoms. The summed E-state index contributed by atoms with van der Waals surface area (Å²) in [6.07, 6.45) is 16.2. The number of carboxylic acid groups (broad SMARTS) is 1. The number of anilines is 1. The first-order valence-corrected chi connectivity index (χ1v) is 19.8. The van der Waals surface area contributed by atoms with Crippen molar-refractivity contribution in [2.24, 2.45) is 22.7 Å². The number of hydrogen-bond acceptors (Lipinski definition) is 8. The van der Waals surface area contributed by atoms with Gasteiger partial charge in [-0.2, -0.15) is 5.10 Å². The Morgan fingerprint density at radius 2 is 1.75 bits per heavy atom. The molecule has 0 radical (unpaired) electrons. The fourth-order valence-corrected chi connectivity index (χ4v) is 6.89. The van der Waals surface area contributed by atoms with Gasteiger partial charge in [0.1, 0.15) is 17.8 Å². The van der Waals surface area contributed by atoms with Crippen molar-refractivity contribution >= 4 is 41.5 Å². The summed E-state index contributed by atoms with van der Waals surface area (Å²) in [4.78, 5) is 52.3. The summed E-state index contributed by atoms with van der Waals surface area (Å²) >= 11 is 1.45. The molecule has 1 saturated carbocycles. The maximum atomic E-state index is 13.6. The molecule has 0 spiro atoms. The van der Waals surface area contributed by atoms with E-state index in [1.54, 1.807) is 41.3 Å². The topological polar surface area (TPSA) is 167 Å². The summed E-state index contributed by atoms with van der Waals surface area (Å²) in [5.74, 6) is 0.151. The molecule has 1 saturated heterocycles. The van der Waals surface area contributed by atoms with Gasteiger partial charge in [0.15, 0.2) is 0 Å². The molecule has 13 nitrogen and oxygen atoms in total. The van der Waals surface area contributed by atoms with Crippen molar-refractivity contribution in [3.8, 4) is 24.3 Å². The third kappa shape index (κ3) is 14.6. The number of aromatic nitrogens is 2. The van der Waals surface area contributed by atoms with Gasteiger partial charge in [0.25, 0.3) is 5.91 Å². The number of carbonyl (C=O) groups excluding carboxylic acids is 3. The van der Waals surface area contributed by atoms with E-state index in [1.807, 2.05) is 45.6 Å². The van der Waals surface area contributed by atoms with Crippen molar-refractivity contribution in [2.45, 2.75) is 111 Å². The zero-order valence-electron chi connectivity index (χ0n) is 34.6. The zero-order valence-corrected chi connectivity index (χ0v) is 35.4. The zero-order chi connectivity index (χ0) is 42.4. The quantitative estimate of drug-likeness (QED) is 0.0724. The molecular formula is C42H63N7O6S. The molecule has 4 rings (SSSR count). The SMILES string of the molecule is C#C.C=CC(C)[C@H](C)C(NC(=O)[C@@H]1CCCN1C(=C)[C@@H](NC(=O)CC(C)(C)C)C(C)(C)C)C(=O)NSC1CC1.COc1ccc(-n2cccn2)c(NC(=O)O)c1. The molecule has 2 aliphatic rings. The molecule has 5 atom stereocenters. The lowest BCUT2D eigenvalue weighted by Crippen LogP contribution is -2.56. The number of terminal acetylenes is 1. The van der Waals surface area contributed by atoms with Crippen molar-refractivity contribution < 1.29 is 29.0 Å². The Kier molecular flexibility index (Phi) is 18.1. The number of nitrogens with one attached hydrogen (secondary N) is 4. The van der Waals surface area contributed by atoms with Gasteiger partial charge in [0.05, 0.1) is 24.5 Å². The number of likely N-dealkylation sites (tertiary alicyclic amines) is 1. The monoisotopic (exact) mass is 793 g/mol. The Morgan fingerprint density at radius 3 is 2.27 bits per heavy atom. The number of amides is 4. The van der Waals surface area contributed by atoms with Crippen molar-refractivity contribution in [2.75, 3.05) is 19.0 Å². The first-order valence-electron chi connectivity index (χ1n) is 18.9. The van der Waals surface area contributed by atoms with E-state index in [9.17, 15) is 19.2 Å². The molecular weight excluding hydrogens is 731 g/mol. The summed E-state index contributed by atoms with van der Waals surface area (Å²) in [5, 5.41) is 21.9. The second-order valence-corrected chi connectivity index (χ2v) is 17.5. The van der Waals surface area contributed by atoms with E-state index in [2.05, 4.69) is 72.5 Å². The van der Waals surface area contributed by atoms with E-state index in [4.69, 9.17) is 9.84 Å².